The fourth-order valence-corrected chi connectivity index (χ4v) is 4.33. The van der Waals surface area contributed by atoms with Crippen molar-refractivity contribution in [1.29, 1.82) is 0 Å². The van der Waals surface area contributed by atoms with Gasteiger partial charge >= 0.3 is 0 Å². The molecular formula is C11H14ClNO2S2. The van der Waals surface area contributed by atoms with Crippen LogP contribution in [-0.4, -0.2) is 14.0 Å². The maximum absolute atomic E-state index is 12.1. The highest BCUT2D eigenvalue weighted by atomic mass is 35.5. The molecular weight excluding hydrogens is 278 g/mol. The third kappa shape index (κ3) is 3.23. The summed E-state index contributed by atoms with van der Waals surface area (Å²) in [6.07, 6.45) is 6.50. The number of hydrogen-bond donors (Lipinski definition) is 1. The summed E-state index contributed by atoms with van der Waals surface area (Å²) in [7, 11) is -3.59. The van der Waals surface area contributed by atoms with Crippen LogP contribution in [0.15, 0.2) is 16.3 Å². The van der Waals surface area contributed by atoms with Gasteiger partial charge in [0, 0.05) is 0 Å². The molecule has 3 nitrogen and oxygen atoms in total. The van der Waals surface area contributed by atoms with Crippen molar-refractivity contribution in [3.8, 4) is 12.3 Å². The molecule has 1 aromatic rings. The van der Waals surface area contributed by atoms with Crippen LogP contribution in [0, 0.1) is 12.3 Å². The number of thiophene rings is 1. The van der Waals surface area contributed by atoms with Crippen LogP contribution in [-0.2, 0) is 10.0 Å². The number of sulfonamides is 1. The molecule has 17 heavy (non-hydrogen) atoms. The highest BCUT2D eigenvalue weighted by Crippen LogP contribution is 2.27. The molecule has 0 radical (unpaired) electrons. The minimum absolute atomic E-state index is 0.184. The Hall–Kier alpha value is -0.540. The Morgan fingerprint density at radius 3 is 2.41 bits per heavy atom. The van der Waals surface area contributed by atoms with E-state index in [1.807, 2.05) is 13.8 Å². The molecule has 0 aliphatic rings. The summed E-state index contributed by atoms with van der Waals surface area (Å²) >= 11 is 6.74. The first-order valence-corrected chi connectivity index (χ1v) is 7.84. The zero-order valence-electron chi connectivity index (χ0n) is 9.66. The topological polar surface area (TPSA) is 46.2 Å². The SMILES string of the molecule is C#CC(CC)(CC)NS(=O)(=O)c1ccc(Cl)s1. The second-order valence-corrected chi connectivity index (χ2v) is 7.22. The number of rotatable bonds is 5. The van der Waals surface area contributed by atoms with Crippen molar-refractivity contribution < 1.29 is 8.42 Å². The number of halogens is 1. The molecule has 0 atom stereocenters. The van der Waals surface area contributed by atoms with E-state index in [0.29, 0.717) is 17.2 Å². The molecule has 0 spiro atoms. The van der Waals surface area contributed by atoms with E-state index in [9.17, 15) is 8.42 Å². The Morgan fingerprint density at radius 2 is 2.06 bits per heavy atom. The maximum atomic E-state index is 12.1. The van der Waals surface area contributed by atoms with Crippen LogP contribution < -0.4 is 4.72 Å². The van der Waals surface area contributed by atoms with Crippen molar-refractivity contribution in [2.75, 3.05) is 0 Å². The number of terminal acetylenes is 1. The van der Waals surface area contributed by atoms with Crippen molar-refractivity contribution in [2.45, 2.75) is 36.4 Å². The van der Waals surface area contributed by atoms with Gasteiger partial charge in [-0.15, -0.1) is 17.8 Å². The van der Waals surface area contributed by atoms with Crippen LogP contribution in [0.1, 0.15) is 26.7 Å². The second-order valence-electron chi connectivity index (χ2n) is 3.60. The molecule has 0 aliphatic heterocycles. The third-order valence-corrected chi connectivity index (χ3v) is 5.89. The Kier molecular flexibility index (Phi) is 4.62. The molecule has 0 unspecified atom stereocenters. The lowest BCUT2D eigenvalue weighted by molar-refractivity contribution is 0.452. The van der Waals surface area contributed by atoms with Crippen LogP contribution in [0.3, 0.4) is 0 Å². The average Bonchev–Trinajstić information content (AvgIpc) is 2.74. The smallest absolute Gasteiger partial charge is 0.206 e. The highest BCUT2D eigenvalue weighted by Gasteiger charge is 2.30. The molecule has 0 fully saturated rings. The molecule has 0 saturated carbocycles. The minimum atomic E-state index is -3.59. The Balaban J connectivity index is 3.06. The van der Waals surface area contributed by atoms with Gasteiger partial charge in [0.2, 0.25) is 0 Å². The minimum Gasteiger partial charge on any atom is -0.206 e. The average molecular weight is 292 g/mol. The lowest BCUT2D eigenvalue weighted by Crippen LogP contribution is -2.46. The molecule has 1 rings (SSSR count). The lowest BCUT2D eigenvalue weighted by atomic mass is 9.96. The molecule has 1 heterocycles. The number of hydrogen-bond acceptors (Lipinski definition) is 3. The molecule has 0 amide bonds. The molecule has 0 bridgehead atoms. The summed E-state index contributed by atoms with van der Waals surface area (Å²) in [5.74, 6) is 2.53. The monoisotopic (exact) mass is 291 g/mol. The molecule has 1 N–H and O–H groups in total. The van der Waals surface area contributed by atoms with Gasteiger partial charge in [0.05, 0.1) is 9.88 Å². The molecule has 0 aromatic carbocycles. The standard InChI is InChI=1S/C11H14ClNO2S2/c1-4-11(5-2,6-3)13-17(14,15)10-8-7-9(12)16-10/h1,7-8,13H,5-6H2,2-3H3. The fraction of sp³-hybridized carbons (Fsp3) is 0.455. The fourth-order valence-electron chi connectivity index (χ4n) is 1.38. The van der Waals surface area contributed by atoms with E-state index in [4.69, 9.17) is 18.0 Å². The largest absolute Gasteiger partial charge is 0.251 e. The van der Waals surface area contributed by atoms with E-state index in [0.717, 1.165) is 11.3 Å². The lowest BCUT2D eigenvalue weighted by Gasteiger charge is -2.26. The zero-order chi connectivity index (χ0) is 13.1. The van der Waals surface area contributed by atoms with E-state index in [2.05, 4.69) is 10.6 Å². The Bertz CT molecular complexity index is 524. The maximum Gasteiger partial charge on any atom is 0.251 e. The predicted molar refractivity (Wildman–Crippen MR) is 71.8 cm³/mol. The van der Waals surface area contributed by atoms with Gasteiger partial charge in [-0.05, 0) is 25.0 Å². The molecule has 1 aromatic heterocycles. The second kappa shape index (κ2) is 5.40. The van der Waals surface area contributed by atoms with Gasteiger partial charge in [0.15, 0.2) is 0 Å². The van der Waals surface area contributed by atoms with Crippen LogP contribution >= 0.6 is 22.9 Å². The van der Waals surface area contributed by atoms with Gasteiger partial charge in [-0.25, -0.2) is 8.42 Å². The molecule has 94 valence electrons. The van der Waals surface area contributed by atoms with Gasteiger partial charge in [0.1, 0.15) is 4.21 Å². The van der Waals surface area contributed by atoms with Gasteiger partial charge in [0.25, 0.3) is 10.0 Å². The first-order valence-electron chi connectivity index (χ1n) is 5.16. The summed E-state index contributed by atoms with van der Waals surface area (Å²) in [6.45, 7) is 3.71. The van der Waals surface area contributed by atoms with E-state index in [-0.39, 0.29) is 4.21 Å². The predicted octanol–water partition coefficient (Wildman–Crippen LogP) is 2.87. The molecule has 0 saturated heterocycles. The normalized spacial score (nSPS) is 12.4. The van der Waals surface area contributed by atoms with Crippen molar-refractivity contribution in [3.63, 3.8) is 0 Å². The summed E-state index contributed by atoms with van der Waals surface area (Å²) in [6, 6.07) is 3.03. The Morgan fingerprint density at radius 1 is 1.47 bits per heavy atom. The quantitative estimate of drug-likeness (QED) is 0.848. The van der Waals surface area contributed by atoms with Crippen molar-refractivity contribution >= 4 is 33.0 Å². The van der Waals surface area contributed by atoms with Gasteiger partial charge < -0.3 is 0 Å². The summed E-state index contributed by atoms with van der Waals surface area (Å²) < 4.78 is 27.4. The van der Waals surface area contributed by atoms with Crippen LogP contribution in [0.25, 0.3) is 0 Å². The van der Waals surface area contributed by atoms with Gasteiger partial charge in [-0.3, -0.25) is 0 Å². The van der Waals surface area contributed by atoms with E-state index in [1.54, 1.807) is 6.07 Å². The van der Waals surface area contributed by atoms with E-state index < -0.39 is 15.6 Å². The molecule has 6 heteroatoms. The van der Waals surface area contributed by atoms with E-state index >= 15 is 0 Å². The summed E-state index contributed by atoms with van der Waals surface area (Å²) in [5, 5.41) is 0. The first-order chi connectivity index (χ1) is 7.89. The van der Waals surface area contributed by atoms with E-state index in [1.165, 1.54) is 6.07 Å². The van der Waals surface area contributed by atoms with Crippen molar-refractivity contribution in [2.24, 2.45) is 0 Å². The summed E-state index contributed by atoms with van der Waals surface area (Å²) in [5.41, 5.74) is -0.824. The van der Waals surface area contributed by atoms with Crippen molar-refractivity contribution in [1.82, 2.24) is 4.72 Å². The zero-order valence-corrected chi connectivity index (χ0v) is 12.0. The van der Waals surface area contributed by atoms with Crippen LogP contribution in [0.5, 0.6) is 0 Å². The van der Waals surface area contributed by atoms with Crippen LogP contribution in [0.4, 0.5) is 0 Å². The van der Waals surface area contributed by atoms with Gasteiger partial charge in [-0.1, -0.05) is 31.4 Å². The van der Waals surface area contributed by atoms with Crippen molar-refractivity contribution in [3.05, 3.63) is 16.5 Å². The first kappa shape index (κ1) is 14.5. The van der Waals surface area contributed by atoms with Crippen LogP contribution in [0.2, 0.25) is 4.34 Å². The van der Waals surface area contributed by atoms with Gasteiger partial charge in [-0.2, -0.15) is 4.72 Å². The number of nitrogens with one attached hydrogen (secondary N) is 1. The third-order valence-electron chi connectivity index (χ3n) is 2.63. The molecule has 0 aliphatic carbocycles. The summed E-state index contributed by atoms with van der Waals surface area (Å²) in [4.78, 5) is 0. The highest BCUT2D eigenvalue weighted by molar-refractivity contribution is 7.91. The Labute approximate surface area is 111 Å².